The van der Waals surface area contributed by atoms with Gasteiger partial charge in [-0.05, 0) is 74.3 Å². The molecule has 2 atom stereocenters. The minimum atomic E-state index is -0.134. The zero-order chi connectivity index (χ0) is 22.4. The molecule has 0 amide bonds. The van der Waals surface area contributed by atoms with Crippen LogP contribution >= 0.6 is 67.0 Å². The van der Waals surface area contributed by atoms with Crippen molar-refractivity contribution in [3.63, 3.8) is 0 Å². The number of nitrogens with zero attached hydrogens (tertiary/aromatic N) is 2. The van der Waals surface area contributed by atoms with Crippen LogP contribution in [-0.2, 0) is 0 Å². The third-order valence-electron chi connectivity index (χ3n) is 4.22. The normalized spacial score (nSPS) is 19.1. The van der Waals surface area contributed by atoms with E-state index in [9.17, 15) is 0 Å². The highest BCUT2D eigenvalue weighted by Crippen LogP contribution is 2.40. The van der Waals surface area contributed by atoms with Gasteiger partial charge in [0.25, 0.3) is 0 Å². The molecular formula is C22H20Br2ClN5S2. The molecule has 2 aromatic carbocycles. The molecule has 2 aliphatic rings. The summed E-state index contributed by atoms with van der Waals surface area (Å²) in [6.07, 6.45) is 0. The smallest absolute Gasteiger partial charge is 0.153 e. The molecule has 0 bridgehead atoms. The molecule has 2 aliphatic heterocycles. The molecule has 0 fully saturated rings. The molecular weight excluding hydrogens is 594 g/mol. The first-order chi connectivity index (χ1) is 14.9. The lowest BCUT2D eigenvalue weighted by molar-refractivity contribution is 0.703. The van der Waals surface area contributed by atoms with Crippen molar-refractivity contribution in [2.45, 2.75) is 17.8 Å². The van der Waals surface area contributed by atoms with Crippen LogP contribution in [0.3, 0.4) is 0 Å². The Bertz CT molecular complexity index is 1090. The average Bonchev–Trinajstić information content (AvgIpc) is 3.35. The second-order valence-electron chi connectivity index (χ2n) is 6.18. The largest absolute Gasteiger partial charge is 0.359 e. The van der Waals surface area contributed by atoms with Crippen LogP contribution in [0.4, 0.5) is 0 Å². The zero-order valence-electron chi connectivity index (χ0n) is 16.1. The lowest BCUT2D eigenvalue weighted by Crippen LogP contribution is -2.32. The Morgan fingerprint density at radius 1 is 0.844 bits per heavy atom. The van der Waals surface area contributed by atoms with Crippen LogP contribution in [0.2, 0.25) is 0 Å². The monoisotopic (exact) mass is 611 g/mol. The van der Waals surface area contributed by atoms with Gasteiger partial charge >= 0.3 is 0 Å². The van der Waals surface area contributed by atoms with Gasteiger partial charge in [-0.1, -0.05) is 66.8 Å². The van der Waals surface area contributed by atoms with Gasteiger partial charge < -0.3 is 10.6 Å². The summed E-state index contributed by atoms with van der Waals surface area (Å²) in [6, 6.07) is 19.1. The van der Waals surface area contributed by atoms with Crippen LogP contribution in [0.25, 0.3) is 11.4 Å². The van der Waals surface area contributed by atoms with Crippen molar-refractivity contribution in [1.29, 1.82) is 10.5 Å². The molecule has 166 valence electrons. The molecule has 3 N–H and O–H groups in total. The highest BCUT2D eigenvalue weighted by molar-refractivity contribution is 9.14. The Morgan fingerprint density at radius 2 is 1.28 bits per heavy atom. The third kappa shape index (κ3) is 6.71. The Morgan fingerprint density at radius 3 is 1.62 bits per heavy atom. The number of nitriles is 2. The van der Waals surface area contributed by atoms with E-state index < -0.39 is 0 Å². The van der Waals surface area contributed by atoms with E-state index in [-0.39, 0.29) is 17.8 Å². The topological polar surface area (TPSA) is 83.7 Å². The van der Waals surface area contributed by atoms with Gasteiger partial charge in [0.1, 0.15) is 5.50 Å². The maximum absolute atomic E-state index is 8.72. The molecule has 0 aromatic heterocycles. The van der Waals surface area contributed by atoms with E-state index in [0.29, 0.717) is 11.1 Å². The predicted octanol–water partition coefficient (Wildman–Crippen LogP) is 6.49. The van der Waals surface area contributed by atoms with E-state index in [4.69, 9.17) is 22.1 Å². The SMILES string of the molecule is C.CNC1NC(c2ccc(C#N)cc2)=C(Br)S1.N#Cc1ccc(C2=C(Br)SC(Cl)N2)cc1. The summed E-state index contributed by atoms with van der Waals surface area (Å²) in [6.45, 7) is 0. The Hall–Kier alpha value is -1.59. The van der Waals surface area contributed by atoms with Crippen LogP contribution in [0.1, 0.15) is 29.7 Å². The molecule has 0 saturated heterocycles. The van der Waals surface area contributed by atoms with E-state index in [1.165, 1.54) is 11.8 Å². The molecule has 0 spiro atoms. The van der Waals surface area contributed by atoms with E-state index >= 15 is 0 Å². The molecule has 10 heteroatoms. The molecule has 0 aliphatic carbocycles. The second kappa shape index (κ2) is 12.6. The minimum Gasteiger partial charge on any atom is -0.359 e. The van der Waals surface area contributed by atoms with Crippen molar-refractivity contribution < 1.29 is 0 Å². The van der Waals surface area contributed by atoms with Crippen molar-refractivity contribution in [2.24, 2.45) is 0 Å². The van der Waals surface area contributed by atoms with Gasteiger partial charge in [0, 0.05) is 0 Å². The minimum absolute atomic E-state index is 0. The number of rotatable bonds is 3. The quantitative estimate of drug-likeness (QED) is 0.270. The summed E-state index contributed by atoms with van der Waals surface area (Å²) in [5.74, 6) is 0. The van der Waals surface area contributed by atoms with Gasteiger partial charge in [-0.15, -0.1) is 0 Å². The first-order valence-electron chi connectivity index (χ1n) is 8.93. The van der Waals surface area contributed by atoms with Crippen molar-refractivity contribution in [3.8, 4) is 12.1 Å². The van der Waals surface area contributed by atoms with Gasteiger partial charge in [0.05, 0.1) is 42.3 Å². The van der Waals surface area contributed by atoms with Gasteiger partial charge in [-0.3, -0.25) is 5.32 Å². The lowest BCUT2D eigenvalue weighted by Gasteiger charge is -2.10. The number of hydrogen-bond donors (Lipinski definition) is 3. The summed E-state index contributed by atoms with van der Waals surface area (Å²) in [4.78, 5) is -0.134. The summed E-state index contributed by atoms with van der Waals surface area (Å²) >= 11 is 16.1. The number of alkyl halides is 1. The number of nitrogens with one attached hydrogen (secondary N) is 3. The van der Waals surface area contributed by atoms with E-state index in [0.717, 1.165) is 30.1 Å². The predicted molar refractivity (Wildman–Crippen MR) is 145 cm³/mol. The first kappa shape index (κ1) is 26.7. The molecule has 2 heterocycles. The number of halogens is 3. The van der Waals surface area contributed by atoms with E-state index in [2.05, 4.69) is 59.9 Å². The van der Waals surface area contributed by atoms with Gasteiger partial charge in [0.15, 0.2) is 4.83 Å². The molecule has 32 heavy (non-hydrogen) atoms. The first-order valence-corrected chi connectivity index (χ1v) is 12.7. The summed E-state index contributed by atoms with van der Waals surface area (Å²) in [7, 11) is 1.91. The molecule has 4 rings (SSSR count). The molecule has 0 radical (unpaired) electrons. The summed E-state index contributed by atoms with van der Waals surface area (Å²) < 4.78 is 2.07. The van der Waals surface area contributed by atoms with Crippen molar-refractivity contribution >= 4 is 78.4 Å². The lowest BCUT2D eigenvalue weighted by atomic mass is 10.1. The number of benzene rings is 2. The zero-order valence-corrected chi connectivity index (χ0v) is 21.7. The van der Waals surface area contributed by atoms with E-state index in [1.54, 1.807) is 23.9 Å². The van der Waals surface area contributed by atoms with Crippen LogP contribution in [0, 0.1) is 22.7 Å². The van der Waals surface area contributed by atoms with E-state index in [1.807, 2.05) is 43.4 Å². The fourth-order valence-electron chi connectivity index (χ4n) is 2.68. The second-order valence-corrected chi connectivity index (χ2v) is 11.7. The van der Waals surface area contributed by atoms with Crippen molar-refractivity contribution in [3.05, 3.63) is 78.4 Å². The highest BCUT2D eigenvalue weighted by atomic mass is 79.9. The summed E-state index contributed by atoms with van der Waals surface area (Å²) in [5, 5.41) is 27.0. The van der Waals surface area contributed by atoms with Crippen molar-refractivity contribution in [1.82, 2.24) is 16.0 Å². The van der Waals surface area contributed by atoms with Crippen LogP contribution in [0.5, 0.6) is 0 Å². The highest BCUT2D eigenvalue weighted by Gasteiger charge is 2.22. The maximum atomic E-state index is 8.72. The fraction of sp³-hybridized carbons (Fsp3) is 0.182. The Kier molecular flexibility index (Phi) is 10.5. The maximum Gasteiger partial charge on any atom is 0.153 e. The van der Waals surface area contributed by atoms with Crippen molar-refractivity contribution in [2.75, 3.05) is 7.05 Å². The molecule has 2 unspecified atom stereocenters. The fourth-order valence-corrected chi connectivity index (χ4v) is 6.63. The van der Waals surface area contributed by atoms with Gasteiger partial charge in [-0.25, -0.2) is 0 Å². The third-order valence-corrected chi connectivity index (χ3v) is 8.25. The molecule has 5 nitrogen and oxygen atoms in total. The van der Waals surface area contributed by atoms with Gasteiger partial charge in [0.2, 0.25) is 0 Å². The standard InChI is InChI=1S/C11H10BrN3S.C10H6BrClN2S.CH4/c1-14-11-15-9(10(12)16-11)8-4-2-7(6-13)3-5-8;11-9-8(14-10(12)15-9)7-3-1-6(5-13)2-4-7;/h2-5,11,14-15H,1H3;1-4,10,14H;1H4. The number of thioether (sulfide) groups is 2. The van der Waals surface area contributed by atoms with Gasteiger partial charge in [-0.2, -0.15) is 10.5 Å². The number of hydrogen-bond acceptors (Lipinski definition) is 7. The molecule has 2 aromatic rings. The Labute approximate surface area is 218 Å². The summed E-state index contributed by atoms with van der Waals surface area (Å²) in [5.41, 5.74) is 5.67. The van der Waals surface area contributed by atoms with Crippen LogP contribution in [-0.4, -0.2) is 17.4 Å². The van der Waals surface area contributed by atoms with Crippen LogP contribution in [0.15, 0.2) is 56.2 Å². The van der Waals surface area contributed by atoms with Crippen LogP contribution < -0.4 is 16.0 Å². The molecule has 0 saturated carbocycles. The average molecular weight is 614 g/mol. The Balaban J connectivity index is 0.000000220.